The lowest BCUT2D eigenvalue weighted by Crippen LogP contribution is -2.45. The van der Waals surface area contributed by atoms with E-state index >= 15 is 0 Å². The molecule has 0 saturated heterocycles. The normalized spacial score (nSPS) is 13.5. The van der Waals surface area contributed by atoms with Crippen molar-refractivity contribution in [3.05, 3.63) is 57.2 Å². The van der Waals surface area contributed by atoms with Crippen LogP contribution in [-0.2, 0) is 6.42 Å². The van der Waals surface area contributed by atoms with Gasteiger partial charge in [0.05, 0.1) is 10.4 Å². The fourth-order valence-electron chi connectivity index (χ4n) is 2.41. The van der Waals surface area contributed by atoms with E-state index in [1.54, 1.807) is 0 Å². The van der Waals surface area contributed by atoms with E-state index in [2.05, 4.69) is 27.7 Å². The standard InChI is InChI=1S/C18H24ClN3OS/c1-13(16-9-10-17(19)24-16)21-18(23)20-12-15(22(2)3)11-14-7-5-4-6-8-14/h4-10,13,15H,11-12H2,1-3H3,(H2,20,21,23). The Morgan fingerprint density at radius 2 is 1.92 bits per heavy atom. The van der Waals surface area contributed by atoms with Gasteiger partial charge in [-0.15, -0.1) is 11.3 Å². The number of halogens is 1. The van der Waals surface area contributed by atoms with Gasteiger partial charge in [-0.25, -0.2) is 4.79 Å². The van der Waals surface area contributed by atoms with Gasteiger partial charge >= 0.3 is 6.03 Å². The first kappa shape index (κ1) is 18.8. The van der Waals surface area contributed by atoms with Gasteiger partial charge in [-0.05, 0) is 45.1 Å². The van der Waals surface area contributed by atoms with Gasteiger partial charge in [0.2, 0.25) is 0 Å². The number of amides is 2. The molecule has 0 fully saturated rings. The van der Waals surface area contributed by atoms with Gasteiger partial charge in [0.25, 0.3) is 0 Å². The first-order chi connectivity index (χ1) is 11.5. The molecule has 1 aromatic carbocycles. The molecule has 2 atom stereocenters. The van der Waals surface area contributed by atoms with Crippen LogP contribution >= 0.6 is 22.9 Å². The Labute approximate surface area is 152 Å². The molecule has 1 heterocycles. The van der Waals surface area contributed by atoms with Gasteiger partial charge in [0.1, 0.15) is 0 Å². The largest absolute Gasteiger partial charge is 0.337 e. The summed E-state index contributed by atoms with van der Waals surface area (Å²) < 4.78 is 0.731. The van der Waals surface area contributed by atoms with Crippen LogP contribution in [0.4, 0.5) is 4.79 Å². The molecular weight excluding hydrogens is 342 g/mol. The van der Waals surface area contributed by atoms with Crippen molar-refractivity contribution in [1.29, 1.82) is 0 Å². The highest BCUT2D eigenvalue weighted by molar-refractivity contribution is 7.16. The van der Waals surface area contributed by atoms with Crippen molar-refractivity contribution >= 4 is 29.0 Å². The van der Waals surface area contributed by atoms with Crippen molar-refractivity contribution in [3.63, 3.8) is 0 Å². The molecule has 4 nitrogen and oxygen atoms in total. The third-order valence-corrected chi connectivity index (χ3v) is 5.32. The summed E-state index contributed by atoms with van der Waals surface area (Å²) in [4.78, 5) is 15.3. The Balaban J connectivity index is 1.83. The van der Waals surface area contributed by atoms with E-state index in [9.17, 15) is 4.79 Å². The van der Waals surface area contributed by atoms with E-state index in [0.29, 0.717) is 6.54 Å². The summed E-state index contributed by atoms with van der Waals surface area (Å²) in [6.07, 6.45) is 0.893. The Morgan fingerprint density at radius 3 is 2.50 bits per heavy atom. The predicted molar refractivity (Wildman–Crippen MR) is 102 cm³/mol. The van der Waals surface area contributed by atoms with Crippen LogP contribution in [0.1, 0.15) is 23.4 Å². The molecule has 6 heteroatoms. The third kappa shape index (κ3) is 5.82. The molecule has 0 aliphatic rings. The molecule has 0 bridgehead atoms. The van der Waals surface area contributed by atoms with Crippen LogP contribution in [0.15, 0.2) is 42.5 Å². The first-order valence-electron chi connectivity index (χ1n) is 7.95. The minimum atomic E-state index is -0.160. The summed E-state index contributed by atoms with van der Waals surface area (Å²) in [5.41, 5.74) is 1.26. The lowest BCUT2D eigenvalue weighted by atomic mass is 10.1. The van der Waals surface area contributed by atoms with Gasteiger partial charge in [0.15, 0.2) is 0 Å². The maximum Gasteiger partial charge on any atom is 0.315 e. The molecule has 2 amide bonds. The monoisotopic (exact) mass is 365 g/mol. The zero-order valence-electron chi connectivity index (χ0n) is 14.3. The van der Waals surface area contributed by atoms with Crippen molar-refractivity contribution in [1.82, 2.24) is 15.5 Å². The Bertz CT molecular complexity index is 645. The van der Waals surface area contributed by atoms with Gasteiger partial charge in [-0.1, -0.05) is 41.9 Å². The molecule has 130 valence electrons. The number of hydrogen-bond donors (Lipinski definition) is 2. The van der Waals surface area contributed by atoms with E-state index in [1.165, 1.54) is 16.9 Å². The second-order valence-electron chi connectivity index (χ2n) is 6.03. The van der Waals surface area contributed by atoms with Crippen LogP contribution in [0.3, 0.4) is 0 Å². The zero-order chi connectivity index (χ0) is 17.5. The van der Waals surface area contributed by atoms with Crippen LogP contribution in [-0.4, -0.2) is 37.6 Å². The number of thiophene rings is 1. The highest BCUT2D eigenvalue weighted by atomic mass is 35.5. The zero-order valence-corrected chi connectivity index (χ0v) is 15.8. The fraction of sp³-hybridized carbons (Fsp3) is 0.389. The number of carbonyl (C=O) groups excluding carboxylic acids is 1. The van der Waals surface area contributed by atoms with Gasteiger partial charge in [0, 0.05) is 17.5 Å². The van der Waals surface area contributed by atoms with E-state index in [-0.39, 0.29) is 18.1 Å². The molecule has 2 rings (SSSR count). The van der Waals surface area contributed by atoms with Gasteiger partial charge in [-0.3, -0.25) is 0 Å². The SMILES string of the molecule is CC(NC(=O)NCC(Cc1ccccc1)N(C)C)c1ccc(Cl)s1. The van der Waals surface area contributed by atoms with E-state index in [1.807, 2.05) is 51.4 Å². The van der Waals surface area contributed by atoms with Crippen LogP contribution in [0.25, 0.3) is 0 Å². The summed E-state index contributed by atoms with van der Waals surface area (Å²) in [5.74, 6) is 0. The highest BCUT2D eigenvalue weighted by Crippen LogP contribution is 2.26. The predicted octanol–water partition coefficient (Wildman–Crippen LogP) is 3.93. The van der Waals surface area contributed by atoms with Crippen LogP contribution in [0, 0.1) is 0 Å². The number of hydrogen-bond acceptors (Lipinski definition) is 3. The second kappa shape index (κ2) is 9.06. The van der Waals surface area contributed by atoms with E-state index < -0.39 is 0 Å². The van der Waals surface area contributed by atoms with Gasteiger partial charge in [-0.2, -0.15) is 0 Å². The maximum absolute atomic E-state index is 12.1. The molecule has 0 saturated carbocycles. The third-order valence-electron chi connectivity index (χ3n) is 3.91. The van der Waals surface area contributed by atoms with Crippen molar-refractivity contribution in [2.24, 2.45) is 0 Å². The molecule has 0 aliphatic carbocycles. The number of carbonyl (C=O) groups is 1. The first-order valence-corrected chi connectivity index (χ1v) is 9.15. The number of rotatable bonds is 7. The Hall–Kier alpha value is -1.56. The summed E-state index contributed by atoms with van der Waals surface area (Å²) in [7, 11) is 4.06. The van der Waals surface area contributed by atoms with Crippen molar-refractivity contribution in [3.8, 4) is 0 Å². The summed E-state index contributed by atoms with van der Waals surface area (Å²) in [6, 6.07) is 14.1. The Morgan fingerprint density at radius 1 is 1.21 bits per heavy atom. The lowest BCUT2D eigenvalue weighted by molar-refractivity contribution is 0.229. The minimum absolute atomic E-state index is 0.0607. The molecule has 2 N–H and O–H groups in total. The number of nitrogens with zero attached hydrogens (tertiary/aromatic N) is 1. The number of nitrogens with one attached hydrogen (secondary N) is 2. The van der Waals surface area contributed by atoms with Crippen LogP contribution in [0.2, 0.25) is 4.34 Å². The second-order valence-corrected chi connectivity index (χ2v) is 7.77. The number of likely N-dealkylation sites (N-methyl/N-ethyl adjacent to an activating group) is 1. The lowest BCUT2D eigenvalue weighted by Gasteiger charge is -2.25. The number of benzene rings is 1. The number of urea groups is 1. The van der Waals surface area contributed by atoms with Crippen molar-refractivity contribution < 1.29 is 4.79 Å². The molecule has 0 radical (unpaired) electrons. The molecule has 2 aromatic rings. The molecule has 0 spiro atoms. The van der Waals surface area contributed by atoms with E-state index in [4.69, 9.17) is 11.6 Å². The smallest absolute Gasteiger partial charge is 0.315 e. The van der Waals surface area contributed by atoms with Crippen molar-refractivity contribution in [2.75, 3.05) is 20.6 Å². The average Bonchev–Trinajstić information content (AvgIpc) is 2.98. The molecule has 2 unspecified atom stereocenters. The molecule has 24 heavy (non-hydrogen) atoms. The summed E-state index contributed by atoms with van der Waals surface area (Å²) in [5, 5.41) is 5.92. The average molecular weight is 366 g/mol. The summed E-state index contributed by atoms with van der Waals surface area (Å²) >= 11 is 7.42. The molecular formula is C18H24ClN3OS. The van der Waals surface area contributed by atoms with Crippen molar-refractivity contribution in [2.45, 2.75) is 25.4 Å². The highest BCUT2D eigenvalue weighted by Gasteiger charge is 2.15. The van der Waals surface area contributed by atoms with Gasteiger partial charge < -0.3 is 15.5 Å². The molecule has 0 aliphatic heterocycles. The quantitative estimate of drug-likeness (QED) is 0.780. The summed E-state index contributed by atoms with van der Waals surface area (Å²) in [6.45, 7) is 2.54. The van der Waals surface area contributed by atoms with Crippen LogP contribution in [0.5, 0.6) is 0 Å². The van der Waals surface area contributed by atoms with Crippen LogP contribution < -0.4 is 10.6 Å². The fourth-order valence-corrected chi connectivity index (χ4v) is 3.48. The topological polar surface area (TPSA) is 44.4 Å². The molecule has 1 aromatic heterocycles. The Kier molecular flexibility index (Phi) is 7.09. The van der Waals surface area contributed by atoms with E-state index in [0.717, 1.165) is 15.6 Å². The minimum Gasteiger partial charge on any atom is -0.337 e. The maximum atomic E-state index is 12.1.